The molecule has 0 saturated carbocycles. The van der Waals surface area contributed by atoms with Gasteiger partial charge in [0.05, 0.1) is 0 Å². The third kappa shape index (κ3) is 9.50. The first-order valence-corrected chi connectivity index (χ1v) is 9.10. The van der Waals surface area contributed by atoms with Crippen LogP contribution in [-0.4, -0.2) is 42.9 Å². The van der Waals surface area contributed by atoms with E-state index in [0.29, 0.717) is 13.1 Å². The van der Waals surface area contributed by atoms with Gasteiger partial charge in [-0.2, -0.15) is 0 Å². The molecule has 0 bridgehead atoms. The minimum Gasteiger partial charge on any atom is -0.381 e. The lowest BCUT2D eigenvalue weighted by Crippen LogP contribution is -2.24. The summed E-state index contributed by atoms with van der Waals surface area (Å²) >= 11 is 0. The SMILES string of the molecule is CCCCCOCCCCNC(=O)C/C=C\N1CN=C(C)C=C1C. The molecule has 0 saturated heterocycles. The zero-order valence-corrected chi connectivity index (χ0v) is 15.5. The summed E-state index contributed by atoms with van der Waals surface area (Å²) in [5, 5.41) is 2.94. The summed E-state index contributed by atoms with van der Waals surface area (Å²) in [5.74, 6) is 0.0634. The Morgan fingerprint density at radius 3 is 2.75 bits per heavy atom. The number of unbranched alkanes of at least 4 members (excludes halogenated alkanes) is 3. The predicted octanol–water partition coefficient (Wildman–Crippen LogP) is 3.63. The highest BCUT2D eigenvalue weighted by atomic mass is 16.5. The van der Waals surface area contributed by atoms with E-state index >= 15 is 0 Å². The van der Waals surface area contributed by atoms with Crippen molar-refractivity contribution in [3.63, 3.8) is 0 Å². The van der Waals surface area contributed by atoms with Crippen molar-refractivity contribution in [1.82, 2.24) is 10.2 Å². The Morgan fingerprint density at radius 1 is 1.29 bits per heavy atom. The number of amides is 1. The minimum absolute atomic E-state index is 0.0634. The van der Waals surface area contributed by atoms with Crippen molar-refractivity contribution in [3.8, 4) is 0 Å². The van der Waals surface area contributed by atoms with Crippen LogP contribution in [0.5, 0.6) is 0 Å². The van der Waals surface area contributed by atoms with E-state index < -0.39 is 0 Å². The Hall–Kier alpha value is -1.62. The molecule has 24 heavy (non-hydrogen) atoms. The van der Waals surface area contributed by atoms with Gasteiger partial charge in [0.1, 0.15) is 6.67 Å². The Morgan fingerprint density at radius 2 is 2.04 bits per heavy atom. The zero-order chi connectivity index (χ0) is 17.6. The smallest absolute Gasteiger partial charge is 0.223 e. The molecule has 5 nitrogen and oxygen atoms in total. The second-order valence-corrected chi connectivity index (χ2v) is 6.16. The molecule has 1 rings (SSSR count). The van der Waals surface area contributed by atoms with Crippen molar-refractivity contribution < 1.29 is 9.53 Å². The Balaban J connectivity index is 2.01. The lowest BCUT2D eigenvalue weighted by atomic mass is 10.2. The number of hydrogen-bond acceptors (Lipinski definition) is 4. The van der Waals surface area contributed by atoms with Gasteiger partial charge in [-0.1, -0.05) is 25.8 Å². The third-order valence-corrected chi connectivity index (χ3v) is 3.86. The van der Waals surface area contributed by atoms with Gasteiger partial charge in [-0.3, -0.25) is 9.79 Å². The van der Waals surface area contributed by atoms with Gasteiger partial charge in [0.25, 0.3) is 0 Å². The number of nitrogens with one attached hydrogen (secondary N) is 1. The number of rotatable bonds is 12. The van der Waals surface area contributed by atoms with Gasteiger partial charge in [0.2, 0.25) is 5.91 Å². The molecule has 1 amide bonds. The second-order valence-electron chi connectivity index (χ2n) is 6.16. The fourth-order valence-electron chi connectivity index (χ4n) is 2.37. The van der Waals surface area contributed by atoms with Crippen molar-refractivity contribution in [3.05, 3.63) is 24.0 Å². The molecule has 0 aromatic heterocycles. The number of aliphatic imine (C=N–C) groups is 1. The maximum absolute atomic E-state index is 11.8. The summed E-state index contributed by atoms with van der Waals surface area (Å²) in [6, 6.07) is 0. The van der Waals surface area contributed by atoms with Crippen LogP contribution in [0.3, 0.4) is 0 Å². The van der Waals surface area contributed by atoms with Gasteiger partial charge in [-0.05, 0) is 39.2 Å². The molecule has 1 N–H and O–H groups in total. The maximum atomic E-state index is 11.8. The minimum atomic E-state index is 0.0634. The molecule has 0 fully saturated rings. The quantitative estimate of drug-likeness (QED) is 0.554. The van der Waals surface area contributed by atoms with Crippen molar-refractivity contribution in [2.24, 2.45) is 4.99 Å². The van der Waals surface area contributed by atoms with Crippen LogP contribution in [-0.2, 0) is 9.53 Å². The number of carbonyl (C=O) groups excluding carboxylic acids is 1. The van der Waals surface area contributed by atoms with E-state index in [-0.39, 0.29) is 5.91 Å². The first kappa shape index (κ1) is 20.4. The molecule has 1 heterocycles. The van der Waals surface area contributed by atoms with Crippen molar-refractivity contribution in [2.45, 2.75) is 59.3 Å². The van der Waals surface area contributed by atoms with E-state index in [9.17, 15) is 4.79 Å². The first-order valence-electron chi connectivity index (χ1n) is 9.10. The lowest BCUT2D eigenvalue weighted by Gasteiger charge is -2.22. The van der Waals surface area contributed by atoms with Crippen LogP contribution in [0.25, 0.3) is 0 Å². The molecule has 0 radical (unpaired) electrons. The lowest BCUT2D eigenvalue weighted by molar-refractivity contribution is -0.120. The topological polar surface area (TPSA) is 53.9 Å². The summed E-state index contributed by atoms with van der Waals surface area (Å²) in [4.78, 5) is 18.2. The largest absolute Gasteiger partial charge is 0.381 e. The highest BCUT2D eigenvalue weighted by molar-refractivity contribution is 5.93. The van der Waals surface area contributed by atoms with Crippen LogP contribution < -0.4 is 5.32 Å². The molecule has 0 aromatic rings. The second kappa shape index (κ2) is 12.8. The van der Waals surface area contributed by atoms with Crippen LogP contribution >= 0.6 is 0 Å². The highest BCUT2D eigenvalue weighted by Crippen LogP contribution is 2.10. The Labute approximate surface area is 146 Å². The van der Waals surface area contributed by atoms with Gasteiger partial charge in [0, 0.05) is 43.8 Å². The van der Waals surface area contributed by atoms with Crippen LogP contribution in [0.2, 0.25) is 0 Å². The molecular weight excluding hydrogens is 302 g/mol. The summed E-state index contributed by atoms with van der Waals surface area (Å²) in [5.41, 5.74) is 2.20. The standard InChI is InChI=1S/C19H33N3O2/c1-4-5-7-13-24-14-8-6-11-20-19(23)10-9-12-22-16-21-17(2)15-18(22)3/h9,12,15H,4-8,10-11,13-14,16H2,1-3H3,(H,20,23)/b12-9-. The van der Waals surface area contributed by atoms with E-state index in [1.54, 1.807) is 0 Å². The van der Waals surface area contributed by atoms with Gasteiger partial charge in [-0.25, -0.2) is 0 Å². The predicted molar refractivity (Wildman–Crippen MR) is 99.9 cm³/mol. The number of hydrogen-bond donors (Lipinski definition) is 1. The van der Waals surface area contributed by atoms with Crippen LogP contribution in [0.4, 0.5) is 0 Å². The molecule has 0 unspecified atom stereocenters. The normalized spacial score (nSPS) is 14.7. The molecule has 1 aliphatic rings. The van der Waals surface area contributed by atoms with Gasteiger partial charge < -0.3 is 15.0 Å². The molecule has 1 aliphatic heterocycles. The number of nitrogens with zero attached hydrogens (tertiary/aromatic N) is 2. The fourth-order valence-corrected chi connectivity index (χ4v) is 2.37. The summed E-state index contributed by atoms with van der Waals surface area (Å²) in [6.45, 7) is 9.24. The molecule has 0 atom stereocenters. The average Bonchev–Trinajstić information content (AvgIpc) is 2.55. The highest BCUT2D eigenvalue weighted by Gasteiger charge is 2.06. The molecule has 0 aliphatic carbocycles. The maximum Gasteiger partial charge on any atom is 0.223 e. The third-order valence-electron chi connectivity index (χ3n) is 3.86. The van der Waals surface area contributed by atoms with Gasteiger partial charge in [-0.15, -0.1) is 0 Å². The van der Waals surface area contributed by atoms with Crippen LogP contribution in [0, 0.1) is 0 Å². The molecule has 0 aromatic carbocycles. The zero-order valence-electron chi connectivity index (χ0n) is 15.5. The average molecular weight is 335 g/mol. The molecular formula is C19H33N3O2. The van der Waals surface area contributed by atoms with E-state index in [1.807, 2.05) is 37.1 Å². The van der Waals surface area contributed by atoms with E-state index in [1.165, 1.54) is 12.8 Å². The summed E-state index contributed by atoms with van der Waals surface area (Å²) < 4.78 is 5.55. The molecule has 0 spiro atoms. The number of carbonyl (C=O) groups is 1. The number of ether oxygens (including phenoxy) is 1. The van der Waals surface area contributed by atoms with Crippen molar-refractivity contribution in [2.75, 3.05) is 26.4 Å². The van der Waals surface area contributed by atoms with E-state index in [2.05, 4.69) is 17.2 Å². The van der Waals surface area contributed by atoms with Crippen molar-refractivity contribution in [1.29, 1.82) is 0 Å². The van der Waals surface area contributed by atoms with E-state index in [0.717, 1.165) is 50.4 Å². The van der Waals surface area contributed by atoms with E-state index in [4.69, 9.17) is 4.74 Å². The Bertz CT molecular complexity index is 456. The van der Waals surface area contributed by atoms with Crippen LogP contribution in [0.1, 0.15) is 59.3 Å². The summed E-state index contributed by atoms with van der Waals surface area (Å²) in [6.07, 6.45) is 11.8. The summed E-state index contributed by atoms with van der Waals surface area (Å²) in [7, 11) is 0. The fraction of sp³-hybridized carbons (Fsp3) is 0.684. The van der Waals surface area contributed by atoms with Crippen LogP contribution in [0.15, 0.2) is 29.0 Å². The monoisotopic (exact) mass is 335 g/mol. The number of allylic oxidation sites excluding steroid dienone is 2. The van der Waals surface area contributed by atoms with Gasteiger partial charge in [0.15, 0.2) is 0 Å². The van der Waals surface area contributed by atoms with Crippen molar-refractivity contribution >= 4 is 11.6 Å². The molecule has 136 valence electrons. The van der Waals surface area contributed by atoms with Gasteiger partial charge >= 0.3 is 0 Å². The first-order chi connectivity index (χ1) is 11.6. The molecule has 5 heteroatoms. The Kier molecular flexibility index (Phi) is 10.9.